The van der Waals surface area contributed by atoms with Crippen molar-refractivity contribution >= 4 is 35.9 Å². The van der Waals surface area contributed by atoms with Gasteiger partial charge in [0.1, 0.15) is 5.75 Å². The number of methoxy groups -OCH3 is 1. The van der Waals surface area contributed by atoms with Crippen LogP contribution in [0.5, 0.6) is 5.75 Å². The quantitative estimate of drug-likeness (QED) is 0.297. The Labute approximate surface area is 178 Å². The van der Waals surface area contributed by atoms with Crippen molar-refractivity contribution in [1.29, 1.82) is 0 Å². The van der Waals surface area contributed by atoms with Crippen LogP contribution in [0.2, 0.25) is 0 Å². The van der Waals surface area contributed by atoms with Crippen molar-refractivity contribution < 1.29 is 14.6 Å². The van der Waals surface area contributed by atoms with Crippen LogP contribution >= 0.6 is 24.0 Å². The van der Waals surface area contributed by atoms with Gasteiger partial charge in [0.15, 0.2) is 5.96 Å². The van der Waals surface area contributed by atoms with E-state index in [1.807, 2.05) is 6.07 Å². The molecule has 2 unspecified atom stereocenters. The van der Waals surface area contributed by atoms with Crippen LogP contribution in [0.1, 0.15) is 36.5 Å². The van der Waals surface area contributed by atoms with Crippen molar-refractivity contribution in [3.05, 3.63) is 28.8 Å². The molecule has 2 N–H and O–H groups in total. The summed E-state index contributed by atoms with van der Waals surface area (Å²) in [7, 11) is 3.19. The van der Waals surface area contributed by atoms with Crippen LogP contribution in [-0.4, -0.2) is 49.2 Å². The first-order chi connectivity index (χ1) is 12.5. The zero-order chi connectivity index (χ0) is 18.7. The van der Waals surface area contributed by atoms with Gasteiger partial charge in [-0.2, -0.15) is 0 Å². The highest BCUT2D eigenvalue weighted by Crippen LogP contribution is 2.30. The lowest BCUT2D eigenvalue weighted by molar-refractivity contribution is -0.145. The number of aromatic hydroxyl groups is 1. The van der Waals surface area contributed by atoms with Gasteiger partial charge in [0.25, 0.3) is 0 Å². The largest absolute Gasteiger partial charge is 0.508 e. The minimum absolute atomic E-state index is 0. The van der Waals surface area contributed by atoms with Gasteiger partial charge in [-0.25, -0.2) is 0 Å². The number of phenols is 1. The summed E-state index contributed by atoms with van der Waals surface area (Å²) in [6.45, 7) is 3.97. The van der Waals surface area contributed by atoms with E-state index in [0.717, 1.165) is 30.9 Å². The summed E-state index contributed by atoms with van der Waals surface area (Å²) < 4.78 is 4.91. The van der Waals surface area contributed by atoms with Crippen molar-refractivity contribution in [1.82, 2.24) is 10.2 Å². The van der Waals surface area contributed by atoms with E-state index in [1.54, 1.807) is 13.1 Å². The number of fused-ring (bicyclic) bond motifs is 1. The van der Waals surface area contributed by atoms with Gasteiger partial charge in [-0.15, -0.1) is 24.0 Å². The van der Waals surface area contributed by atoms with Crippen LogP contribution in [0.4, 0.5) is 0 Å². The summed E-state index contributed by atoms with van der Waals surface area (Å²) in [6.07, 6.45) is 4.49. The third kappa shape index (κ3) is 4.67. The molecule has 0 aromatic heterocycles. The molecule has 6 nitrogen and oxygen atoms in total. The van der Waals surface area contributed by atoms with Crippen LogP contribution in [0.15, 0.2) is 17.1 Å². The number of esters is 1. The third-order valence-corrected chi connectivity index (χ3v) is 5.68. The first-order valence-corrected chi connectivity index (χ1v) is 9.41. The van der Waals surface area contributed by atoms with Crippen LogP contribution in [-0.2, 0) is 28.9 Å². The first kappa shape index (κ1) is 21.8. The van der Waals surface area contributed by atoms with Gasteiger partial charge >= 0.3 is 5.97 Å². The number of hydrogen-bond acceptors (Lipinski definition) is 4. The fourth-order valence-corrected chi connectivity index (χ4v) is 4.19. The Hall–Kier alpha value is -1.51. The molecule has 2 atom stereocenters. The van der Waals surface area contributed by atoms with E-state index in [4.69, 9.17) is 4.74 Å². The van der Waals surface area contributed by atoms with Crippen LogP contribution in [0, 0.1) is 11.8 Å². The lowest BCUT2D eigenvalue weighted by atomic mass is 9.88. The second-order valence-electron chi connectivity index (χ2n) is 7.32. The predicted octanol–water partition coefficient (Wildman–Crippen LogP) is 2.71. The van der Waals surface area contributed by atoms with E-state index >= 15 is 0 Å². The molecule has 1 aromatic rings. The minimum Gasteiger partial charge on any atom is -0.508 e. The SMILES string of the molecule is CN=C(NCc1c(O)ccc2c1CCCC2)N1CC(C)C(C(=O)OC)C1.I. The average molecular weight is 487 g/mol. The number of nitrogens with zero attached hydrogens (tertiary/aromatic N) is 2. The maximum Gasteiger partial charge on any atom is 0.310 e. The summed E-state index contributed by atoms with van der Waals surface area (Å²) >= 11 is 0. The summed E-state index contributed by atoms with van der Waals surface area (Å²) in [4.78, 5) is 18.4. The predicted molar refractivity (Wildman–Crippen MR) is 117 cm³/mol. The molecule has 1 saturated heterocycles. The topological polar surface area (TPSA) is 74.2 Å². The van der Waals surface area contributed by atoms with Gasteiger partial charge in [-0.05, 0) is 48.8 Å². The molecular weight excluding hydrogens is 457 g/mol. The van der Waals surface area contributed by atoms with E-state index in [0.29, 0.717) is 18.8 Å². The average Bonchev–Trinajstić information content (AvgIpc) is 3.04. The van der Waals surface area contributed by atoms with E-state index in [9.17, 15) is 9.90 Å². The molecule has 3 rings (SSSR count). The number of aliphatic imine (C=N–C) groups is 1. The zero-order valence-electron chi connectivity index (χ0n) is 16.3. The number of rotatable bonds is 3. The first-order valence-electron chi connectivity index (χ1n) is 9.41. The Morgan fingerprint density at radius 3 is 2.78 bits per heavy atom. The number of nitrogens with one attached hydrogen (secondary N) is 1. The number of benzene rings is 1. The van der Waals surface area contributed by atoms with Gasteiger partial charge in [-0.1, -0.05) is 13.0 Å². The van der Waals surface area contributed by atoms with Crippen LogP contribution in [0.3, 0.4) is 0 Å². The van der Waals surface area contributed by atoms with Crippen molar-refractivity contribution in [2.75, 3.05) is 27.2 Å². The Morgan fingerprint density at radius 2 is 2.07 bits per heavy atom. The van der Waals surface area contributed by atoms with Gasteiger partial charge in [0.05, 0.1) is 13.0 Å². The molecule has 1 fully saturated rings. The van der Waals surface area contributed by atoms with E-state index < -0.39 is 0 Å². The highest BCUT2D eigenvalue weighted by atomic mass is 127. The standard InChI is InChI=1S/C20H29N3O3.HI/c1-13-11-23(12-17(13)19(25)26-3)20(21-2)22-10-16-15-7-5-4-6-14(15)8-9-18(16)24;/h8-9,13,17,24H,4-7,10-12H2,1-3H3,(H,21,22);1H. The molecule has 0 bridgehead atoms. The monoisotopic (exact) mass is 487 g/mol. The highest BCUT2D eigenvalue weighted by Gasteiger charge is 2.36. The number of ether oxygens (including phenoxy) is 1. The third-order valence-electron chi connectivity index (χ3n) is 5.68. The molecule has 0 spiro atoms. The number of aryl methyl sites for hydroxylation is 1. The molecule has 1 aliphatic carbocycles. The Kier molecular flexibility index (Phi) is 7.76. The van der Waals surface area contributed by atoms with Crippen molar-refractivity contribution in [2.24, 2.45) is 16.8 Å². The second kappa shape index (κ2) is 9.61. The molecule has 150 valence electrons. The Bertz CT molecular complexity index is 708. The zero-order valence-corrected chi connectivity index (χ0v) is 18.7. The summed E-state index contributed by atoms with van der Waals surface area (Å²) in [5, 5.41) is 13.7. The molecule has 0 amide bonds. The molecule has 0 radical (unpaired) electrons. The normalized spacial score (nSPS) is 22.0. The summed E-state index contributed by atoms with van der Waals surface area (Å²) in [5.74, 6) is 1.03. The van der Waals surface area contributed by atoms with Crippen molar-refractivity contribution in [3.8, 4) is 5.75 Å². The molecular formula is C20H30IN3O3. The number of carbonyl (C=O) groups is 1. The van der Waals surface area contributed by atoms with E-state index in [1.165, 1.54) is 31.1 Å². The molecule has 1 heterocycles. The molecule has 7 heteroatoms. The smallest absolute Gasteiger partial charge is 0.310 e. The number of guanidine groups is 1. The van der Waals surface area contributed by atoms with Crippen LogP contribution in [0.25, 0.3) is 0 Å². The van der Waals surface area contributed by atoms with E-state index in [-0.39, 0.29) is 41.8 Å². The minimum atomic E-state index is -0.162. The number of halogens is 1. The van der Waals surface area contributed by atoms with Crippen molar-refractivity contribution in [2.45, 2.75) is 39.2 Å². The fraction of sp³-hybridized carbons (Fsp3) is 0.600. The van der Waals surface area contributed by atoms with E-state index in [2.05, 4.69) is 22.1 Å². The number of carbonyl (C=O) groups excluding carboxylic acids is 1. The molecule has 27 heavy (non-hydrogen) atoms. The molecule has 1 aliphatic heterocycles. The van der Waals surface area contributed by atoms with Gasteiger partial charge in [-0.3, -0.25) is 9.79 Å². The van der Waals surface area contributed by atoms with Gasteiger partial charge in [0.2, 0.25) is 0 Å². The van der Waals surface area contributed by atoms with Crippen LogP contribution < -0.4 is 5.32 Å². The lowest BCUT2D eigenvalue weighted by Gasteiger charge is -2.24. The summed E-state index contributed by atoms with van der Waals surface area (Å²) in [6, 6.07) is 3.85. The summed E-state index contributed by atoms with van der Waals surface area (Å²) in [5.41, 5.74) is 3.60. The van der Waals surface area contributed by atoms with Gasteiger partial charge < -0.3 is 20.1 Å². The number of phenolic OH excluding ortho intramolecular Hbond substituents is 1. The second-order valence-corrected chi connectivity index (χ2v) is 7.32. The molecule has 0 saturated carbocycles. The highest BCUT2D eigenvalue weighted by molar-refractivity contribution is 14.0. The maximum absolute atomic E-state index is 11.9. The Morgan fingerprint density at radius 1 is 1.33 bits per heavy atom. The lowest BCUT2D eigenvalue weighted by Crippen LogP contribution is -2.40. The number of likely N-dealkylation sites (tertiary alicyclic amines) is 1. The maximum atomic E-state index is 11.9. The molecule has 1 aromatic carbocycles. The van der Waals surface area contributed by atoms with Gasteiger partial charge in [0, 0.05) is 32.2 Å². The fourth-order valence-electron chi connectivity index (χ4n) is 4.19. The number of hydrogen-bond donors (Lipinski definition) is 2. The molecule has 2 aliphatic rings. The van der Waals surface area contributed by atoms with Crippen molar-refractivity contribution in [3.63, 3.8) is 0 Å². The Balaban J connectivity index is 0.00000261.